The summed E-state index contributed by atoms with van der Waals surface area (Å²) in [5, 5.41) is 18.7. The van der Waals surface area contributed by atoms with Crippen LogP contribution in [-0.4, -0.2) is 22.3 Å². The Morgan fingerprint density at radius 2 is 1.50 bits per heavy atom. The topological polar surface area (TPSA) is 57.5 Å². The first-order chi connectivity index (χ1) is 6.34. The van der Waals surface area contributed by atoms with Crippen molar-refractivity contribution in [3.8, 4) is 0 Å². The quantitative estimate of drug-likeness (QED) is 0.693. The molecule has 0 aromatic rings. The van der Waals surface area contributed by atoms with Crippen LogP contribution in [0.2, 0.25) is 0 Å². The van der Waals surface area contributed by atoms with E-state index < -0.39 is 18.0 Å². The fourth-order valence-electron chi connectivity index (χ4n) is 1.58. The van der Waals surface area contributed by atoms with Gasteiger partial charge in [-0.1, -0.05) is 27.7 Å². The maximum atomic E-state index is 10.9. The molecule has 0 heterocycles. The SMILES string of the molecule is CC(C)C[C@H](C(=O)O)[C@@H](O)CC(C)C. The molecule has 0 fully saturated rings. The van der Waals surface area contributed by atoms with Crippen molar-refractivity contribution in [2.45, 2.75) is 46.6 Å². The lowest BCUT2D eigenvalue weighted by atomic mass is 9.88. The molecule has 0 spiro atoms. The average Bonchev–Trinajstić information content (AvgIpc) is 1.97. The van der Waals surface area contributed by atoms with E-state index in [4.69, 9.17) is 5.11 Å². The zero-order valence-corrected chi connectivity index (χ0v) is 9.53. The summed E-state index contributed by atoms with van der Waals surface area (Å²) in [4.78, 5) is 10.9. The second kappa shape index (κ2) is 6.02. The zero-order chi connectivity index (χ0) is 11.3. The molecule has 84 valence electrons. The van der Waals surface area contributed by atoms with Gasteiger partial charge in [0.2, 0.25) is 0 Å². The average molecular weight is 202 g/mol. The van der Waals surface area contributed by atoms with E-state index >= 15 is 0 Å². The van der Waals surface area contributed by atoms with Crippen LogP contribution in [0.1, 0.15) is 40.5 Å². The highest BCUT2D eigenvalue weighted by Gasteiger charge is 2.27. The minimum absolute atomic E-state index is 0.304. The van der Waals surface area contributed by atoms with E-state index in [0.29, 0.717) is 24.7 Å². The van der Waals surface area contributed by atoms with Crippen LogP contribution in [-0.2, 0) is 4.79 Å². The maximum absolute atomic E-state index is 10.9. The van der Waals surface area contributed by atoms with E-state index in [2.05, 4.69) is 0 Å². The number of carboxylic acid groups (broad SMARTS) is 1. The van der Waals surface area contributed by atoms with E-state index in [9.17, 15) is 9.90 Å². The molecule has 0 rings (SSSR count). The third-order valence-corrected chi connectivity index (χ3v) is 2.22. The van der Waals surface area contributed by atoms with Crippen LogP contribution in [0.3, 0.4) is 0 Å². The highest BCUT2D eigenvalue weighted by atomic mass is 16.4. The van der Waals surface area contributed by atoms with Crippen LogP contribution in [0.5, 0.6) is 0 Å². The van der Waals surface area contributed by atoms with E-state index in [1.807, 2.05) is 27.7 Å². The van der Waals surface area contributed by atoms with E-state index in [1.54, 1.807) is 0 Å². The summed E-state index contributed by atoms with van der Waals surface area (Å²) in [6, 6.07) is 0. The van der Waals surface area contributed by atoms with Crippen LogP contribution < -0.4 is 0 Å². The van der Waals surface area contributed by atoms with E-state index in [0.717, 1.165) is 0 Å². The molecular weight excluding hydrogens is 180 g/mol. The molecule has 0 aromatic carbocycles. The van der Waals surface area contributed by atoms with E-state index in [1.165, 1.54) is 0 Å². The summed E-state index contributed by atoms with van der Waals surface area (Å²) in [5.74, 6) is -0.860. The predicted molar refractivity (Wildman–Crippen MR) is 56.0 cm³/mol. The highest BCUT2D eigenvalue weighted by molar-refractivity contribution is 5.70. The van der Waals surface area contributed by atoms with Crippen molar-refractivity contribution >= 4 is 5.97 Å². The molecule has 2 atom stereocenters. The molecule has 3 heteroatoms. The van der Waals surface area contributed by atoms with Crippen molar-refractivity contribution in [3.63, 3.8) is 0 Å². The predicted octanol–water partition coefficient (Wildman–Crippen LogP) is 2.14. The van der Waals surface area contributed by atoms with Crippen molar-refractivity contribution in [2.75, 3.05) is 0 Å². The molecule has 0 aromatic heterocycles. The standard InChI is InChI=1S/C11H22O3/c1-7(2)5-9(11(13)14)10(12)6-8(3)4/h7-10,12H,5-6H2,1-4H3,(H,13,14)/t9-,10-/m0/s1. The van der Waals surface area contributed by atoms with Gasteiger partial charge in [0.25, 0.3) is 0 Å². The summed E-state index contributed by atoms with van der Waals surface area (Å²) in [5.41, 5.74) is 0. The first-order valence-corrected chi connectivity index (χ1v) is 5.25. The Labute approximate surface area is 86.1 Å². The third kappa shape index (κ3) is 5.22. The molecule has 0 radical (unpaired) electrons. The van der Waals surface area contributed by atoms with Crippen molar-refractivity contribution in [1.82, 2.24) is 0 Å². The van der Waals surface area contributed by atoms with Gasteiger partial charge in [0.1, 0.15) is 0 Å². The second-order valence-corrected chi connectivity index (χ2v) is 4.77. The van der Waals surface area contributed by atoms with Crippen molar-refractivity contribution in [2.24, 2.45) is 17.8 Å². The molecule has 0 aliphatic rings. The molecule has 14 heavy (non-hydrogen) atoms. The van der Waals surface area contributed by atoms with Gasteiger partial charge in [-0.3, -0.25) is 4.79 Å². The monoisotopic (exact) mass is 202 g/mol. The van der Waals surface area contributed by atoms with Gasteiger partial charge >= 0.3 is 5.97 Å². The molecule has 0 unspecified atom stereocenters. The number of aliphatic hydroxyl groups is 1. The number of hydrogen-bond acceptors (Lipinski definition) is 2. The Hall–Kier alpha value is -0.570. The Kier molecular flexibility index (Phi) is 5.77. The molecular formula is C11H22O3. The Morgan fingerprint density at radius 3 is 1.79 bits per heavy atom. The summed E-state index contributed by atoms with van der Waals surface area (Å²) in [7, 11) is 0. The maximum Gasteiger partial charge on any atom is 0.309 e. The van der Waals surface area contributed by atoms with Crippen molar-refractivity contribution < 1.29 is 15.0 Å². The van der Waals surface area contributed by atoms with Crippen LogP contribution in [0.15, 0.2) is 0 Å². The van der Waals surface area contributed by atoms with Crippen LogP contribution in [0.25, 0.3) is 0 Å². The smallest absolute Gasteiger partial charge is 0.309 e. The van der Waals surface area contributed by atoms with Gasteiger partial charge in [-0.05, 0) is 24.7 Å². The Balaban J connectivity index is 4.26. The van der Waals surface area contributed by atoms with Gasteiger partial charge in [0, 0.05) is 0 Å². The molecule has 0 aliphatic carbocycles. The number of aliphatic hydroxyl groups excluding tert-OH is 1. The number of carboxylic acids is 1. The number of carbonyl (C=O) groups is 1. The molecule has 2 N–H and O–H groups in total. The van der Waals surface area contributed by atoms with Crippen LogP contribution in [0.4, 0.5) is 0 Å². The number of hydrogen-bond donors (Lipinski definition) is 2. The van der Waals surface area contributed by atoms with Crippen molar-refractivity contribution in [3.05, 3.63) is 0 Å². The number of rotatable bonds is 6. The minimum Gasteiger partial charge on any atom is -0.481 e. The van der Waals surface area contributed by atoms with E-state index in [-0.39, 0.29) is 0 Å². The first kappa shape index (κ1) is 13.4. The fourth-order valence-corrected chi connectivity index (χ4v) is 1.58. The lowest BCUT2D eigenvalue weighted by Gasteiger charge is -2.22. The van der Waals surface area contributed by atoms with Gasteiger partial charge in [0.15, 0.2) is 0 Å². The molecule has 0 saturated heterocycles. The van der Waals surface area contributed by atoms with Gasteiger partial charge in [-0.2, -0.15) is 0 Å². The van der Waals surface area contributed by atoms with Gasteiger partial charge < -0.3 is 10.2 Å². The fraction of sp³-hybridized carbons (Fsp3) is 0.909. The normalized spacial score (nSPS) is 15.9. The first-order valence-electron chi connectivity index (χ1n) is 5.25. The molecule has 0 aliphatic heterocycles. The third-order valence-electron chi connectivity index (χ3n) is 2.22. The number of aliphatic carboxylic acids is 1. The summed E-state index contributed by atoms with van der Waals surface area (Å²) >= 11 is 0. The Bertz CT molecular complexity index is 175. The molecule has 3 nitrogen and oxygen atoms in total. The molecule has 0 bridgehead atoms. The summed E-state index contributed by atoms with van der Waals surface area (Å²) < 4.78 is 0. The highest BCUT2D eigenvalue weighted by Crippen LogP contribution is 2.20. The van der Waals surface area contributed by atoms with Crippen LogP contribution >= 0.6 is 0 Å². The molecule has 0 saturated carbocycles. The molecule has 0 amide bonds. The minimum atomic E-state index is -0.883. The van der Waals surface area contributed by atoms with Gasteiger partial charge in [0.05, 0.1) is 12.0 Å². The Morgan fingerprint density at radius 1 is 1.07 bits per heavy atom. The van der Waals surface area contributed by atoms with Crippen LogP contribution in [0, 0.1) is 17.8 Å². The summed E-state index contributed by atoms with van der Waals surface area (Å²) in [6.07, 6.45) is 0.391. The lowest BCUT2D eigenvalue weighted by Crippen LogP contribution is -2.30. The summed E-state index contributed by atoms with van der Waals surface area (Å²) in [6.45, 7) is 7.91. The second-order valence-electron chi connectivity index (χ2n) is 4.77. The van der Waals surface area contributed by atoms with Gasteiger partial charge in [-0.15, -0.1) is 0 Å². The van der Waals surface area contributed by atoms with Gasteiger partial charge in [-0.25, -0.2) is 0 Å². The van der Waals surface area contributed by atoms with Crippen molar-refractivity contribution in [1.29, 1.82) is 0 Å². The zero-order valence-electron chi connectivity index (χ0n) is 9.53. The lowest BCUT2D eigenvalue weighted by molar-refractivity contribution is -0.146. The largest absolute Gasteiger partial charge is 0.481 e.